The summed E-state index contributed by atoms with van der Waals surface area (Å²) in [7, 11) is 0. The number of fused-ring (bicyclic) bond motifs is 1. The van der Waals surface area contributed by atoms with Crippen molar-refractivity contribution in [3.63, 3.8) is 0 Å². The summed E-state index contributed by atoms with van der Waals surface area (Å²) in [5.41, 5.74) is 0.621. The quantitative estimate of drug-likeness (QED) is 0.407. The minimum atomic E-state index is -0.720. The maximum Gasteiger partial charge on any atom is 0.334 e. The van der Waals surface area contributed by atoms with E-state index in [1.54, 1.807) is 25.1 Å². The van der Waals surface area contributed by atoms with Crippen molar-refractivity contribution in [2.75, 3.05) is 36.4 Å². The van der Waals surface area contributed by atoms with E-state index in [1.165, 1.54) is 6.20 Å². The van der Waals surface area contributed by atoms with Gasteiger partial charge in [-0.1, -0.05) is 29.3 Å². The molecule has 0 saturated carbocycles. The number of benzene rings is 2. The van der Waals surface area contributed by atoms with E-state index >= 15 is 0 Å². The highest BCUT2D eigenvalue weighted by atomic mass is 35.5. The third kappa shape index (κ3) is 5.03. The molecule has 0 spiro atoms. The zero-order valence-corrected chi connectivity index (χ0v) is 21.4. The van der Waals surface area contributed by atoms with Crippen LogP contribution in [0.25, 0.3) is 16.7 Å². The number of aromatic amines is 1. The number of para-hydroxylation sites is 1. The first-order valence-electron chi connectivity index (χ1n) is 11.7. The predicted molar refractivity (Wildman–Crippen MR) is 145 cm³/mol. The molecule has 1 aliphatic heterocycles. The van der Waals surface area contributed by atoms with E-state index in [2.05, 4.69) is 25.2 Å². The van der Waals surface area contributed by atoms with Gasteiger partial charge in [-0.15, -0.1) is 0 Å². The number of anilines is 3. The Bertz CT molecular complexity index is 1580. The van der Waals surface area contributed by atoms with Crippen LogP contribution in [-0.4, -0.2) is 56.5 Å². The lowest BCUT2D eigenvalue weighted by atomic mass is 10.2. The summed E-state index contributed by atoms with van der Waals surface area (Å²) in [6.45, 7) is 4.70. The number of nitrogens with zero attached hydrogens (tertiary/aromatic N) is 5. The smallest absolute Gasteiger partial charge is 0.334 e. The van der Waals surface area contributed by atoms with Crippen LogP contribution in [0.4, 0.5) is 17.3 Å². The first-order chi connectivity index (χ1) is 17.8. The SMILES string of the molecule is CC(=O)N1CCCN(c2ccc(Nc3ncc4c(=O)n(-c5c(Cl)cccc5Cl)c(=O)[nH]c4n3)cc2)CC1. The van der Waals surface area contributed by atoms with Crippen molar-refractivity contribution in [2.24, 2.45) is 0 Å². The first-order valence-corrected chi connectivity index (χ1v) is 12.4. The molecule has 0 radical (unpaired) electrons. The molecule has 0 bridgehead atoms. The second-order valence-corrected chi connectivity index (χ2v) is 9.43. The number of hydrogen-bond donors (Lipinski definition) is 2. The van der Waals surface area contributed by atoms with Crippen molar-refractivity contribution in [2.45, 2.75) is 13.3 Å². The number of carbonyl (C=O) groups excluding carboxylic acids is 1. The van der Waals surface area contributed by atoms with Gasteiger partial charge in [-0.05, 0) is 42.8 Å². The van der Waals surface area contributed by atoms with Crippen LogP contribution in [0.3, 0.4) is 0 Å². The second kappa shape index (κ2) is 10.2. The number of halogens is 2. The maximum absolute atomic E-state index is 13.1. The molecule has 4 aromatic rings. The van der Waals surface area contributed by atoms with Gasteiger partial charge in [-0.25, -0.2) is 14.3 Å². The molecule has 5 rings (SSSR count). The Hall–Kier alpha value is -3.89. The van der Waals surface area contributed by atoms with Crippen LogP contribution in [0.5, 0.6) is 0 Å². The van der Waals surface area contributed by atoms with E-state index in [4.69, 9.17) is 23.2 Å². The number of aromatic nitrogens is 4. The fourth-order valence-electron chi connectivity index (χ4n) is 4.34. The normalized spacial score (nSPS) is 14.0. The van der Waals surface area contributed by atoms with E-state index in [0.717, 1.165) is 42.0 Å². The molecular weight excluding hydrogens is 517 g/mol. The second-order valence-electron chi connectivity index (χ2n) is 8.62. The molecule has 0 aliphatic carbocycles. The zero-order chi connectivity index (χ0) is 26.1. The van der Waals surface area contributed by atoms with Crippen molar-refractivity contribution in [1.29, 1.82) is 0 Å². The van der Waals surface area contributed by atoms with Crippen molar-refractivity contribution in [1.82, 2.24) is 24.4 Å². The van der Waals surface area contributed by atoms with Crippen molar-refractivity contribution in [3.05, 3.63) is 79.5 Å². The predicted octanol–water partition coefficient (Wildman–Crippen LogP) is 3.58. The number of carbonyl (C=O) groups is 1. The fraction of sp³-hybridized carbons (Fsp3) is 0.240. The molecule has 37 heavy (non-hydrogen) atoms. The van der Waals surface area contributed by atoms with Crippen LogP contribution < -0.4 is 21.5 Å². The largest absolute Gasteiger partial charge is 0.370 e. The number of hydrogen-bond acceptors (Lipinski definition) is 7. The summed E-state index contributed by atoms with van der Waals surface area (Å²) < 4.78 is 0.876. The Morgan fingerprint density at radius 1 is 1.00 bits per heavy atom. The molecule has 1 saturated heterocycles. The Morgan fingerprint density at radius 3 is 2.43 bits per heavy atom. The average molecular weight is 540 g/mol. The van der Waals surface area contributed by atoms with Gasteiger partial charge in [-0.2, -0.15) is 4.98 Å². The third-order valence-electron chi connectivity index (χ3n) is 6.24. The number of rotatable bonds is 4. The van der Waals surface area contributed by atoms with Crippen molar-refractivity contribution >= 4 is 57.5 Å². The van der Waals surface area contributed by atoms with Gasteiger partial charge in [0.05, 0.1) is 15.7 Å². The molecule has 2 aromatic heterocycles. The zero-order valence-electron chi connectivity index (χ0n) is 19.9. The van der Waals surface area contributed by atoms with Gasteiger partial charge < -0.3 is 15.1 Å². The first kappa shape index (κ1) is 24.8. The molecule has 0 unspecified atom stereocenters. The van der Waals surface area contributed by atoms with Gasteiger partial charge in [-0.3, -0.25) is 14.6 Å². The third-order valence-corrected chi connectivity index (χ3v) is 6.85. The van der Waals surface area contributed by atoms with Crippen LogP contribution in [0, 0.1) is 0 Å². The number of H-pyrrole nitrogens is 1. The Labute approximate surface area is 221 Å². The molecule has 1 fully saturated rings. The fourth-order valence-corrected chi connectivity index (χ4v) is 4.91. The molecule has 12 heteroatoms. The van der Waals surface area contributed by atoms with E-state index < -0.39 is 11.2 Å². The van der Waals surface area contributed by atoms with Gasteiger partial charge in [0.25, 0.3) is 5.56 Å². The number of nitrogens with one attached hydrogen (secondary N) is 2. The molecular formula is C25H23Cl2N7O3. The Balaban J connectivity index is 1.38. The van der Waals surface area contributed by atoms with Crippen LogP contribution in [-0.2, 0) is 4.79 Å². The highest BCUT2D eigenvalue weighted by Gasteiger charge is 2.18. The van der Waals surface area contributed by atoms with Gasteiger partial charge in [0.1, 0.15) is 5.39 Å². The van der Waals surface area contributed by atoms with E-state index in [0.29, 0.717) is 6.54 Å². The summed E-state index contributed by atoms with van der Waals surface area (Å²) in [5.74, 6) is 0.320. The summed E-state index contributed by atoms with van der Waals surface area (Å²) in [4.78, 5) is 52.9. The lowest BCUT2D eigenvalue weighted by Gasteiger charge is -2.23. The summed E-state index contributed by atoms with van der Waals surface area (Å²) in [6.07, 6.45) is 2.25. The van der Waals surface area contributed by atoms with Crippen LogP contribution in [0.15, 0.2) is 58.3 Å². The van der Waals surface area contributed by atoms with Crippen molar-refractivity contribution < 1.29 is 4.79 Å². The molecule has 190 valence electrons. The van der Waals surface area contributed by atoms with E-state index in [9.17, 15) is 14.4 Å². The summed E-state index contributed by atoms with van der Waals surface area (Å²) in [5, 5.41) is 3.54. The molecule has 1 aliphatic rings. The Morgan fingerprint density at radius 2 is 1.73 bits per heavy atom. The summed E-state index contributed by atoms with van der Waals surface area (Å²) in [6, 6.07) is 12.5. The number of amides is 1. The van der Waals surface area contributed by atoms with Gasteiger partial charge >= 0.3 is 5.69 Å². The van der Waals surface area contributed by atoms with Crippen LogP contribution >= 0.6 is 23.2 Å². The van der Waals surface area contributed by atoms with Gasteiger partial charge in [0.2, 0.25) is 11.9 Å². The molecule has 2 aromatic carbocycles. The minimum absolute atomic E-state index is 0.0862. The lowest BCUT2D eigenvalue weighted by molar-refractivity contribution is -0.128. The standard InChI is InChI=1S/C25H23Cl2N7O3/c1-15(35)32-10-3-11-33(13-12-32)17-8-6-16(7-9-17)29-24-28-14-18-22(30-24)31-25(37)34(23(18)36)21-19(26)4-2-5-20(21)27/h2,4-9,14H,3,10-13H2,1H3,(H2,28,29,30,31,37). The minimum Gasteiger partial charge on any atom is -0.370 e. The van der Waals surface area contributed by atoms with Gasteiger partial charge in [0.15, 0.2) is 5.65 Å². The molecule has 3 heterocycles. The highest BCUT2D eigenvalue weighted by molar-refractivity contribution is 6.37. The summed E-state index contributed by atoms with van der Waals surface area (Å²) >= 11 is 12.4. The van der Waals surface area contributed by atoms with Gasteiger partial charge in [0, 0.05) is 50.7 Å². The monoisotopic (exact) mass is 539 g/mol. The average Bonchev–Trinajstić information content (AvgIpc) is 3.13. The van der Waals surface area contributed by atoms with Crippen LogP contribution in [0.2, 0.25) is 10.0 Å². The van der Waals surface area contributed by atoms with Crippen molar-refractivity contribution in [3.8, 4) is 5.69 Å². The highest BCUT2D eigenvalue weighted by Crippen LogP contribution is 2.26. The maximum atomic E-state index is 13.1. The molecule has 0 atom stereocenters. The Kier molecular flexibility index (Phi) is 6.86. The van der Waals surface area contributed by atoms with E-state index in [1.807, 2.05) is 29.2 Å². The molecule has 1 amide bonds. The topological polar surface area (TPSA) is 116 Å². The lowest BCUT2D eigenvalue weighted by Crippen LogP contribution is -2.34. The van der Waals surface area contributed by atoms with Crippen LogP contribution in [0.1, 0.15) is 13.3 Å². The van der Waals surface area contributed by atoms with E-state index in [-0.39, 0.29) is 38.6 Å². The molecule has 2 N–H and O–H groups in total. The molecule has 10 nitrogen and oxygen atoms in total.